The van der Waals surface area contributed by atoms with E-state index in [0.29, 0.717) is 0 Å². The average molecular weight is 319 g/mol. The van der Waals surface area contributed by atoms with Crippen LogP contribution >= 0.6 is 0 Å². The SMILES string of the molecule is COC(=O)C=C(Nc1ccc(OC(F)(F)F)cc1)C(=O)OC. The van der Waals surface area contributed by atoms with Crippen LogP contribution in [-0.2, 0) is 19.1 Å². The van der Waals surface area contributed by atoms with Crippen molar-refractivity contribution < 1.29 is 37.0 Å². The van der Waals surface area contributed by atoms with E-state index in [1.807, 2.05) is 0 Å². The predicted molar refractivity (Wildman–Crippen MR) is 68.9 cm³/mol. The van der Waals surface area contributed by atoms with Gasteiger partial charge < -0.3 is 19.5 Å². The van der Waals surface area contributed by atoms with Crippen LogP contribution in [0.15, 0.2) is 36.0 Å². The molecule has 0 aromatic heterocycles. The Labute approximate surface area is 123 Å². The van der Waals surface area contributed by atoms with Gasteiger partial charge in [0, 0.05) is 5.69 Å². The van der Waals surface area contributed by atoms with Crippen LogP contribution in [0.3, 0.4) is 0 Å². The molecule has 0 bridgehead atoms. The maximum atomic E-state index is 12.0. The molecule has 0 amide bonds. The zero-order valence-corrected chi connectivity index (χ0v) is 11.6. The molecule has 0 heterocycles. The Bertz CT molecular complexity index is 566. The minimum absolute atomic E-state index is 0.237. The van der Waals surface area contributed by atoms with Crippen LogP contribution in [0.1, 0.15) is 0 Å². The number of hydrogen-bond acceptors (Lipinski definition) is 6. The summed E-state index contributed by atoms with van der Waals surface area (Å²) >= 11 is 0. The fourth-order valence-electron chi connectivity index (χ4n) is 1.33. The first-order chi connectivity index (χ1) is 10.2. The normalized spacial score (nSPS) is 11.6. The van der Waals surface area contributed by atoms with Crippen LogP contribution in [-0.4, -0.2) is 32.5 Å². The second-order valence-corrected chi connectivity index (χ2v) is 3.77. The standard InChI is InChI=1S/C13H12F3NO5/c1-20-11(18)7-10(12(19)21-2)17-8-3-5-9(6-4-8)22-13(14,15)16/h3-7,17H,1-2H3. The molecule has 0 aliphatic carbocycles. The van der Waals surface area contributed by atoms with Crippen molar-refractivity contribution in [3.05, 3.63) is 36.0 Å². The maximum Gasteiger partial charge on any atom is 0.573 e. The molecule has 0 fully saturated rings. The zero-order valence-electron chi connectivity index (χ0n) is 11.6. The van der Waals surface area contributed by atoms with E-state index in [2.05, 4.69) is 19.5 Å². The lowest BCUT2D eigenvalue weighted by molar-refractivity contribution is -0.274. The molecule has 0 aliphatic heterocycles. The summed E-state index contributed by atoms with van der Waals surface area (Å²) in [6, 6.07) is 4.55. The Morgan fingerprint density at radius 3 is 2.14 bits per heavy atom. The molecule has 0 spiro atoms. The number of rotatable bonds is 5. The van der Waals surface area contributed by atoms with Crippen LogP contribution in [0.5, 0.6) is 5.75 Å². The number of methoxy groups -OCH3 is 2. The van der Waals surface area contributed by atoms with Gasteiger partial charge in [-0.3, -0.25) is 0 Å². The molecule has 0 radical (unpaired) electrons. The Balaban J connectivity index is 2.88. The Kier molecular flexibility index (Phi) is 5.79. The van der Waals surface area contributed by atoms with Gasteiger partial charge >= 0.3 is 18.3 Å². The van der Waals surface area contributed by atoms with E-state index in [4.69, 9.17) is 0 Å². The largest absolute Gasteiger partial charge is 0.573 e. The highest BCUT2D eigenvalue weighted by Gasteiger charge is 2.30. The highest BCUT2D eigenvalue weighted by molar-refractivity contribution is 5.98. The monoisotopic (exact) mass is 319 g/mol. The van der Waals surface area contributed by atoms with Crippen molar-refractivity contribution in [2.24, 2.45) is 0 Å². The molecule has 22 heavy (non-hydrogen) atoms. The van der Waals surface area contributed by atoms with Gasteiger partial charge in [-0.25, -0.2) is 9.59 Å². The number of carbonyl (C=O) groups excluding carboxylic acids is 2. The van der Waals surface area contributed by atoms with Gasteiger partial charge in [0.1, 0.15) is 11.4 Å². The number of benzene rings is 1. The quantitative estimate of drug-likeness (QED) is 0.663. The van der Waals surface area contributed by atoms with Gasteiger partial charge in [0.2, 0.25) is 0 Å². The van der Waals surface area contributed by atoms with Crippen molar-refractivity contribution in [1.82, 2.24) is 0 Å². The van der Waals surface area contributed by atoms with Gasteiger partial charge in [0.25, 0.3) is 0 Å². The predicted octanol–water partition coefficient (Wildman–Crippen LogP) is 2.23. The summed E-state index contributed by atoms with van der Waals surface area (Å²) in [4.78, 5) is 22.6. The summed E-state index contributed by atoms with van der Waals surface area (Å²) in [5.41, 5.74) is 0.00826. The van der Waals surface area contributed by atoms with Crippen LogP contribution in [0.2, 0.25) is 0 Å². The first kappa shape index (κ1) is 17.3. The molecule has 1 aromatic rings. The summed E-state index contributed by atoms with van der Waals surface area (Å²) in [5, 5.41) is 2.53. The fraction of sp³-hybridized carbons (Fsp3) is 0.231. The molecule has 1 rings (SSSR count). The number of alkyl halides is 3. The minimum Gasteiger partial charge on any atom is -0.466 e. The molecule has 0 saturated carbocycles. The molecule has 0 saturated heterocycles. The second-order valence-electron chi connectivity index (χ2n) is 3.77. The van der Waals surface area contributed by atoms with E-state index in [1.54, 1.807) is 0 Å². The molecule has 6 nitrogen and oxygen atoms in total. The highest BCUT2D eigenvalue weighted by atomic mass is 19.4. The molecule has 0 atom stereocenters. The first-order valence-corrected chi connectivity index (χ1v) is 5.76. The third-order valence-corrected chi connectivity index (χ3v) is 2.24. The van der Waals surface area contributed by atoms with Crippen LogP contribution in [0, 0.1) is 0 Å². The molecule has 0 aliphatic rings. The summed E-state index contributed by atoms with van der Waals surface area (Å²) in [5.74, 6) is -2.07. The average Bonchev–Trinajstić information content (AvgIpc) is 2.46. The van der Waals surface area contributed by atoms with Crippen molar-refractivity contribution >= 4 is 17.6 Å². The summed E-state index contributed by atoms with van der Waals surface area (Å²) in [6.45, 7) is 0. The van der Waals surface area contributed by atoms with Crippen molar-refractivity contribution in [2.45, 2.75) is 6.36 Å². The number of hydrogen-bond donors (Lipinski definition) is 1. The number of carbonyl (C=O) groups is 2. The van der Waals surface area contributed by atoms with Gasteiger partial charge in [-0.1, -0.05) is 0 Å². The Morgan fingerprint density at radius 1 is 1.09 bits per heavy atom. The van der Waals surface area contributed by atoms with Gasteiger partial charge in [-0.05, 0) is 24.3 Å². The van der Waals surface area contributed by atoms with Crippen LogP contribution < -0.4 is 10.1 Å². The fourth-order valence-corrected chi connectivity index (χ4v) is 1.33. The molecule has 9 heteroatoms. The van der Waals surface area contributed by atoms with E-state index < -0.39 is 24.1 Å². The minimum atomic E-state index is -4.79. The van der Waals surface area contributed by atoms with Crippen LogP contribution in [0.25, 0.3) is 0 Å². The van der Waals surface area contributed by atoms with Crippen molar-refractivity contribution in [1.29, 1.82) is 0 Å². The van der Waals surface area contributed by atoms with E-state index >= 15 is 0 Å². The molecule has 1 aromatic carbocycles. The van der Waals surface area contributed by atoms with Crippen molar-refractivity contribution in [2.75, 3.05) is 19.5 Å². The lowest BCUT2D eigenvalue weighted by Crippen LogP contribution is -2.17. The van der Waals surface area contributed by atoms with Gasteiger partial charge in [0.05, 0.1) is 20.3 Å². The summed E-state index contributed by atoms with van der Waals surface area (Å²) in [6.07, 6.45) is -3.94. The van der Waals surface area contributed by atoms with Crippen molar-refractivity contribution in [3.8, 4) is 5.75 Å². The molecule has 1 N–H and O–H groups in total. The molecule has 0 unspecified atom stereocenters. The second kappa shape index (κ2) is 7.34. The third-order valence-electron chi connectivity index (χ3n) is 2.24. The lowest BCUT2D eigenvalue weighted by atomic mass is 10.3. The first-order valence-electron chi connectivity index (χ1n) is 5.76. The molecular weight excluding hydrogens is 307 g/mol. The Hall–Kier alpha value is -2.71. The van der Waals surface area contributed by atoms with Gasteiger partial charge in [0.15, 0.2) is 0 Å². The smallest absolute Gasteiger partial charge is 0.466 e. The number of ether oxygens (including phenoxy) is 3. The number of esters is 2. The van der Waals surface area contributed by atoms with E-state index in [-0.39, 0.29) is 11.4 Å². The van der Waals surface area contributed by atoms with Gasteiger partial charge in [-0.2, -0.15) is 0 Å². The maximum absolute atomic E-state index is 12.0. The summed E-state index contributed by atoms with van der Waals surface area (Å²) in [7, 11) is 2.23. The number of nitrogens with one attached hydrogen (secondary N) is 1. The van der Waals surface area contributed by atoms with E-state index in [1.165, 1.54) is 12.1 Å². The zero-order chi connectivity index (χ0) is 16.8. The third kappa shape index (κ3) is 5.73. The van der Waals surface area contributed by atoms with Crippen LogP contribution in [0.4, 0.5) is 18.9 Å². The Morgan fingerprint density at radius 2 is 1.68 bits per heavy atom. The van der Waals surface area contributed by atoms with E-state index in [9.17, 15) is 22.8 Å². The number of anilines is 1. The number of halogens is 3. The lowest BCUT2D eigenvalue weighted by Gasteiger charge is -2.11. The molecule has 120 valence electrons. The highest BCUT2D eigenvalue weighted by Crippen LogP contribution is 2.24. The van der Waals surface area contributed by atoms with Gasteiger partial charge in [-0.15, -0.1) is 13.2 Å². The van der Waals surface area contributed by atoms with E-state index in [0.717, 1.165) is 32.4 Å². The topological polar surface area (TPSA) is 73.9 Å². The van der Waals surface area contributed by atoms with Crippen molar-refractivity contribution in [3.63, 3.8) is 0 Å². The summed E-state index contributed by atoms with van der Waals surface area (Å²) < 4.78 is 48.6. The molecular formula is C13H12F3NO5.